The zero-order chi connectivity index (χ0) is 20.3. The van der Waals surface area contributed by atoms with Crippen molar-refractivity contribution in [2.75, 3.05) is 34.8 Å². The van der Waals surface area contributed by atoms with E-state index >= 15 is 0 Å². The molecule has 1 amide bonds. The number of ether oxygens (including phenoxy) is 1. The quantitative estimate of drug-likeness (QED) is 0.728. The highest BCUT2D eigenvalue weighted by molar-refractivity contribution is 9.10. The van der Waals surface area contributed by atoms with Gasteiger partial charge in [0.2, 0.25) is 0 Å². The molecule has 0 atom stereocenters. The number of carbonyl (C=O) groups excluding carboxylic acids is 1. The SMILES string of the molecule is O=C(Nc1ccc(OC(F)(F)F)cc1)c1cnc(N2CCS(=O)CC2)c(Br)c1. The van der Waals surface area contributed by atoms with Crippen molar-refractivity contribution in [2.24, 2.45) is 0 Å². The average Bonchev–Trinajstić information content (AvgIpc) is 2.63. The van der Waals surface area contributed by atoms with E-state index < -0.39 is 23.1 Å². The number of halogens is 4. The maximum atomic E-state index is 12.4. The van der Waals surface area contributed by atoms with E-state index in [1.807, 2.05) is 4.90 Å². The molecule has 0 unspecified atom stereocenters. The Hall–Kier alpha value is -2.14. The van der Waals surface area contributed by atoms with Gasteiger partial charge in [0.15, 0.2) is 0 Å². The number of hydrogen-bond acceptors (Lipinski definition) is 5. The lowest BCUT2D eigenvalue weighted by Gasteiger charge is -2.28. The van der Waals surface area contributed by atoms with Gasteiger partial charge in [-0.15, -0.1) is 13.2 Å². The summed E-state index contributed by atoms with van der Waals surface area (Å²) in [5.41, 5.74) is 0.602. The third kappa shape index (κ3) is 5.44. The highest BCUT2D eigenvalue weighted by Gasteiger charge is 2.31. The van der Waals surface area contributed by atoms with Crippen molar-refractivity contribution in [1.82, 2.24) is 4.98 Å². The lowest BCUT2D eigenvalue weighted by molar-refractivity contribution is -0.274. The second-order valence-corrected chi connectivity index (χ2v) is 8.44. The molecular formula is C17H15BrF3N3O3S. The summed E-state index contributed by atoms with van der Waals surface area (Å²) < 4.78 is 52.4. The third-order valence-corrected chi connectivity index (χ3v) is 5.77. The first kappa shape index (κ1) is 20.6. The first-order valence-corrected chi connectivity index (χ1v) is 10.4. The van der Waals surface area contributed by atoms with E-state index in [2.05, 4.69) is 31.0 Å². The summed E-state index contributed by atoms with van der Waals surface area (Å²) in [6.07, 6.45) is -3.35. The Bertz CT molecular complexity index is 883. The maximum absolute atomic E-state index is 12.4. The van der Waals surface area contributed by atoms with Crippen molar-refractivity contribution in [2.45, 2.75) is 6.36 Å². The molecule has 1 aliphatic rings. The summed E-state index contributed by atoms with van der Waals surface area (Å²) in [5.74, 6) is 0.988. The molecule has 1 fully saturated rings. The molecule has 0 saturated carbocycles. The van der Waals surface area contributed by atoms with Gasteiger partial charge in [-0.3, -0.25) is 9.00 Å². The summed E-state index contributed by atoms with van der Waals surface area (Å²) >= 11 is 3.41. The zero-order valence-corrected chi connectivity index (χ0v) is 16.7. The molecule has 1 aromatic carbocycles. The van der Waals surface area contributed by atoms with Crippen LogP contribution in [0.2, 0.25) is 0 Å². The first-order valence-electron chi connectivity index (χ1n) is 8.14. The van der Waals surface area contributed by atoms with Crippen LogP contribution in [0.4, 0.5) is 24.7 Å². The lowest BCUT2D eigenvalue weighted by atomic mass is 10.2. The van der Waals surface area contributed by atoms with E-state index in [1.54, 1.807) is 6.07 Å². The zero-order valence-electron chi connectivity index (χ0n) is 14.3. The molecule has 0 spiro atoms. The molecule has 150 valence electrons. The second-order valence-electron chi connectivity index (χ2n) is 5.89. The molecule has 0 aliphatic carbocycles. The number of anilines is 2. The summed E-state index contributed by atoms with van der Waals surface area (Å²) in [6.45, 7) is 1.24. The van der Waals surface area contributed by atoms with Crippen LogP contribution in [-0.4, -0.2) is 46.1 Å². The Morgan fingerprint density at radius 2 is 1.86 bits per heavy atom. The van der Waals surface area contributed by atoms with E-state index in [0.717, 1.165) is 12.1 Å². The number of alkyl halides is 3. The monoisotopic (exact) mass is 477 g/mol. The van der Waals surface area contributed by atoms with Crippen LogP contribution >= 0.6 is 15.9 Å². The molecule has 0 bridgehead atoms. The fourth-order valence-corrected chi connectivity index (χ4v) is 4.23. The number of hydrogen-bond donors (Lipinski definition) is 1. The molecule has 1 saturated heterocycles. The highest BCUT2D eigenvalue weighted by Crippen LogP contribution is 2.27. The summed E-state index contributed by atoms with van der Waals surface area (Å²) in [5, 5.41) is 2.59. The number of benzene rings is 1. The molecule has 0 radical (unpaired) electrons. The highest BCUT2D eigenvalue weighted by atomic mass is 79.9. The smallest absolute Gasteiger partial charge is 0.406 e. The summed E-state index contributed by atoms with van der Waals surface area (Å²) in [7, 11) is -0.803. The summed E-state index contributed by atoms with van der Waals surface area (Å²) in [6, 6.07) is 6.46. The Kier molecular flexibility index (Phi) is 6.23. The molecule has 1 N–H and O–H groups in total. The molecule has 1 aromatic heterocycles. The first-order chi connectivity index (χ1) is 13.2. The number of pyridine rings is 1. The number of rotatable bonds is 4. The number of aromatic nitrogens is 1. The van der Waals surface area contributed by atoms with E-state index in [1.165, 1.54) is 18.3 Å². The van der Waals surface area contributed by atoms with E-state index in [0.29, 0.717) is 40.6 Å². The normalized spacial score (nSPS) is 15.4. The van der Waals surface area contributed by atoms with Gasteiger partial charge in [0.1, 0.15) is 11.6 Å². The van der Waals surface area contributed by atoms with Gasteiger partial charge in [0, 0.05) is 47.3 Å². The van der Waals surface area contributed by atoms with Gasteiger partial charge in [0.05, 0.1) is 10.0 Å². The lowest BCUT2D eigenvalue weighted by Crippen LogP contribution is -2.38. The van der Waals surface area contributed by atoms with Gasteiger partial charge in [0.25, 0.3) is 5.91 Å². The second kappa shape index (κ2) is 8.48. The van der Waals surface area contributed by atoms with Crippen molar-refractivity contribution < 1.29 is 26.9 Å². The maximum Gasteiger partial charge on any atom is 0.573 e. The molecular weight excluding hydrogens is 463 g/mol. The van der Waals surface area contributed by atoms with Gasteiger partial charge in [-0.25, -0.2) is 4.98 Å². The Labute approximate surface area is 169 Å². The minimum Gasteiger partial charge on any atom is -0.406 e. The number of carbonyl (C=O) groups is 1. The summed E-state index contributed by atoms with van der Waals surface area (Å²) in [4.78, 5) is 18.7. The average molecular weight is 478 g/mol. The van der Waals surface area contributed by atoms with Crippen molar-refractivity contribution in [3.63, 3.8) is 0 Å². The molecule has 2 heterocycles. The Morgan fingerprint density at radius 3 is 2.43 bits per heavy atom. The molecule has 28 heavy (non-hydrogen) atoms. The Morgan fingerprint density at radius 1 is 1.21 bits per heavy atom. The molecule has 2 aromatic rings. The molecule has 11 heteroatoms. The number of nitrogens with zero attached hydrogens (tertiary/aromatic N) is 2. The predicted octanol–water partition coefficient (Wildman–Crippen LogP) is 3.56. The minimum atomic E-state index is -4.77. The predicted molar refractivity (Wildman–Crippen MR) is 103 cm³/mol. The Balaban J connectivity index is 1.66. The topological polar surface area (TPSA) is 71.5 Å². The van der Waals surface area contributed by atoms with Crippen LogP contribution in [-0.2, 0) is 10.8 Å². The van der Waals surface area contributed by atoms with Crippen LogP contribution in [0.25, 0.3) is 0 Å². The number of nitrogens with one attached hydrogen (secondary N) is 1. The van der Waals surface area contributed by atoms with Crippen LogP contribution in [0.3, 0.4) is 0 Å². The fraction of sp³-hybridized carbons (Fsp3) is 0.294. The van der Waals surface area contributed by atoms with Crippen LogP contribution in [0.15, 0.2) is 41.0 Å². The van der Waals surface area contributed by atoms with E-state index in [-0.39, 0.29) is 11.3 Å². The molecule has 3 rings (SSSR count). The van der Waals surface area contributed by atoms with Gasteiger partial charge in [-0.1, -0.05) is 0 Å². The van der Waals surface area contributed by atoms with E-state index in [4.69, 9.17) is 0 Å². The fourth-order valence-electron chi connectivity index (χ4n) is 2.58. The molecule has 6 nitrogen and oxygen atoms in total. The minimum absolute atomic E-state index is 0.284. The van der Waals surface area contributed by atoms with Crippen molar-refractivity contribution in [1.29, 1.82) is 0 Å². The van der Waals surface area contributed by atoms with Gasteiger partial charge < -0.3 is 15.0 Å². The van der Waals surface area contributed by atoms with Crippen molar-refractivity contribution in [3.05, 3.63) is 46.6 Å². The third-order valence-electron chi connectivity index (χ3n) is 3.91. The van der Waals surface area contributed by atoms with Crippen molar-refractivity contribution in [3.8, 4) is 5.75 Å². The van der Waals surface area contributed by atoms with E-state index in [9.17, 15) is 22.2 Å². The largest absolute Gasteiger partial charge is 0.573 e. The van der Waals surface area contributed by atoms with Crippen LogP contribution < -0.4 is 15.0 Å². The van der Waals surface area contributed by atoms with Crippen LogP contribution in [0.1, 0.15) is 10.4 Å². The van der Waals surface area contributed by atoms with Crippen LogP contribution in [0.5, 0.6) is 5.75 Å². The van der Waals surface area contributed by atoms with Crippen molar-refractivity contribution >= 4 is 44.1 Å². The standard InChI is InChI=1S/C17H15BrF3N3O3S/c18-14-9-11(10-22-15(14)24-5-7-28(26)8-6-24)16(25)23-12-1-3-13(4-2-12)27-17(19,20)21/h1-4,9-10H,5-8H2,(H,23,25). The molecule has 1 aliphatic heterocycles. The van der Waals surface area contributed by atoms with Gasteiger partial charge in [-0.05, 0) is 46.3 Å². The van der Waals surface area contributed by atoms with Gasteiger partial charge in [-0.2, -0.15) is 0 Å². The van der Waals surface area contributed by atoms with Gasteiger partial charge >= 0.3 is 6.36 Å². The van der Waals surface area contributed by atoms with Crippen LogP contribution in [0, 0.1) is 0 Å². The number of amides is 1.